The summed E-state index contributed by atoms with van der Waals surface area (Å²) in [5, 5.41) is 0. The van der Waals surface area contributed by atoms with E-state index in [1.807, 2.05) is 6.92 Å². The number of carbonyl (C=O) groups is 1. The van der Waals surface area contributed by atoms with Crippen LogP contribution in [0.25, 0.3) is 0 Å². The fourth-order valence-corrected chi connectivity index (χ4v) is 0.906. The molecule has 0 aromatic rings. The summed E-state index contributed by atoms with van der Waals surface area (Å²) in [5.41, 5.74) is 5.27. The highest BCUT2D eigenvalue weighted by molar-refractivity contribution is 7.80. The Labute approximate surface area is 84.0 Å². The van der Waals surface area contributed by atoms with Crippen LogP contribution in [0.5, 0.6) is 0 Å². The van der Waals surface area contributed by atoms with Crippen molar-refractivity contribution < 1.29 is 9.53 Å². The quantitative estimate of drug-likeness (QED) is 0.539. The molecule has 0 aliphatic carbocycles. The summed E-state index contributed by atoms with van der Waals surface area (Å²) in [5.74, 6) is 0. The maximum absolute atomic E-state index is 11.1. The van der Waals surface area contributed by atoms with E-state index in [4.69, 9.17) is 10.5 Å². The molecule has 0 aromatic carbocycles. The molecule has 0 aliphatic heterocycles. The zero-order valence-corrected chi connectivity index (χ0v) is 8.89. The zero-order valence-electron chi connectivity index (χ0n) is 8.08. The van der Waals surface area contributed by atoms with Gasteiger partial charge in [-0.05, 0) is 6.42 Å². The number of rotatable bonds is 5. The van der Waals surface area contributed by atoms with E-state index < -0.39 is 0 Å². The van der Waals surface area contributed by atoms with Gasteiger partial charge in [0.1, 0.15) is 0 Å². The number of nitrogens with two attached hydrogens (primary N) is 1. The Morgan fingerprint density at radius 2 is 2.23 bits per heavy atom. The lowest BCUT2D eigenvalue weighted by atomic mass is 10.4. The van der Waals surface area contributed by atoms with E-state index in [1.165, 1.54) is 4.90 Å². The maximum Gasteiger partial charge on any atom is 0.409 e. The summed E-state index contributed by atoms with van der Waals surface area (Å²) < 4.78 is 4.92. The molecule has 0 rings (SSSR count). The SMILES string of the molecule is CCCCOC(=O)N(C)CC(N)=S. The molecule has 76 valence electrons. The van der Waals surface area contributed by atoms with Crippen LogP contribution in [-0.2, 0) is 4.74 Å². The summed E-state index contributed by atoms with van der Waals surface area (Å²) in [6.45, 7) is 2.75. The van der Waals surface area contributed by atoms with Gasteiger partial charge in [-0.1, -0.05) is 25.6 Å². The van der Waals surface area contributed by atoms with Gasteiger partial charge in [0.15, 0.2) is 0 Å². The van der Waals surface area contributed by atoms with Crippen LogP contribution in [0, 0.1) is 0 Å². The van der Waals surface area contributed by atoms with Crippen LogP contribution in [0.15, 0.2) is 0 Å². The molecule has 0 aliphatic rings. The molecule has 1 amide bonds. The van der Waals surface area contributed by atoms with Crippen LogP contribution in [0.1, 0.15) is 19.8 Å². The monoisotopic (exact) mass is 204 g/mol. The molecule has 0 atom stereocenters. The summed E-state index contributed by atoms with van der Waals surface area (Å²) in [6, 6.07) is 0. The van der Waals surface area contributed by atoms with Crippen LogP contribution >= 0.6 is 12.2 Å². The van der Waals surface area contributed by atoms with Crippen molar-refractivity contribution in [3.63, 3.8) is 0 Å². The lowest BCUT2D eigenvalue weighted by molar-refractivity contribution is 0.114. The second-order valence-electron chi connectivity index (χ2n) is 2.79. The summed E-state index contributed by atoms with van der Waals surface area (Å²) in [7, 11) is 1.60. The fourth-order valence-electron chi connectivity index (χ4n) is 0.712. The minimum absolute atomic E-state index is 0.264. The molecule has 5 heteroatoms. The fraction of sp³-hybridized carbons (Fsp3) is 0.750. The van der Waals surface area contributed by atoms with Gasteiger partial charge in [0.05, 0.1) is 18.1 Å². The Morgan fingerprint density at radius 1 is 1.62 bits per heavy atom. The number of carbonyl (C=O) groups excluding carboxylic acids is 1. The van der Waals surface area contributed by atoms with Crippen molar-refractivity contribution in [1.82, 2.24) is 4.90 Å². The van der Waals surface area contributed by atoms with E-state index in [0.29, 0.717) is 6.61 Å². The van der Waals surface area contributed by atoms with Crippen molar-refractivity contribution in [2.24, 2.45) is 5.73 Å². The standard InChI is InChI=1S/C8H16N2O2S/c1-3-4-5-12-8(11)10(2)6-7(9)13/h3-6H2,1-2H3,(H2,9,13). The van der Waals surface area contributed by atoms with Crippen molar-refractivity contribution in [3.05, 3.63) is 0 Å². The van der Waals surface area contributed by atoms with Gasteiger partial charge in [0.25, 0.3) is 0 Å². The van der Waals surface area contributed by atoms with E-state index in [2.05, 4.69) is 12.2 Å². The molecule has 0 fully saturated rings. The number of ether oxygens (including phenoxy) is 1. The van der Waals surface area contributed by atoms with Crippen LogP contribution in [-0.4, -0.2) is 36.2 Å². The highest BCUT2D eigenvalue weighted by Crippen LogP contribution is 1.93. The third-order valence-corrected chi connectivity index (χ3v) is 1.56. The van der Waals surface area contributed by atoms with Crippen LogP contribution < -0.4 is 5.73 Å². The van der Waals surface area contributed by atoms with Crippen LogP contribution in [0.2, 0.25) is 0 Å². The first-order valence-corrected chi connectivity index (χ1v) is 4.65. The third kappa shape index (κ3) is 6.33. The smallest absolute Gasteiger partial charge is 0.409 e. The summed E-state index contributed by atoms with van der Waals surface area (Å²) >= 11 is 4.65. The molecule has 0 saturated carbocycles. The van der Waals surface area contributed by atoms with E-state index in [9.17, 15) is 4.79 Å². The Bertz CT molecular complexity index is 185. The predicted molar refractivity (Wildman–Crippen MR) is 55.7 cm³/mol. The molecule has 13 heavy (non-hydrogen) atoms. The number of amides is 1. The van der Waals surface area contributed by atoms with E-state index in [1.54, 1.807) is 7.05 Å². The van der Waals surface area contributed by atoms with Crippen LogP contribution in [0.3, 0.4) is 0 Å². The van der Waals surface area contributed by atoms with Gasteiger partial charge in [-0.2, -0.15) is 0 Å². The molecule has 0 saturated heterocycles. The lowest BCUT2D eigenvalue weighted by Gasteiger charge is -2.15. The third-order valence-electron chi connectivity index (χ3n) is 1.43. The highest BCUT2D eigenvalue weighted by Gasteiger charge is 2.09. The molecule has 0 bridgehead atoms. The van der Waals surface area contributed by atoms with Gasteiger partial charge >= 0.3 is 6.09 Å². The van der Waals surface area contributed by atoms with Crippen molar-refractivity contribution in [1.29, 1.82) is 0 Å². The maximum atomic E-state index is 11.1. The van der Waals surface area contributed by atoms with E-state index >= 15 is 0 Å². The predicted octanol–water partition coefficient (Wildman–Crippen LogP) is 1.14. The molecule has 0 heterocycles. The Hall–Kier alpha value is -0.840. The zero-order chi connectivity index (χ0) is 10.3. The summed E-state index contributed by atoms with van der Waals surface area (Å²) in [4.78, 5) is 12.8. The average molecular weight is 204 g/mol. The normalized spacial score (nSPS) is 9.38. The van der Waals surface area contributed by atoms with Crippen molar-refractivity contribution in [2.75, 3.05) is 20.2 Å². The van der Waals surface area contributed by atoms with Gasteiger partial charge in [0.2, 0.25) is 0 Å². The number of hydrogen-bond acceptors (Lipinski definition) is 3. The molecule has 0 aromatic heterocycles. The van der Waals surface area contributed by atoms with Gasteiger partial charge < -0.3 is 15.4 Å². The number of nitrogens with zero attached hydrogens (tertiary/aromatic N) is 1. The first-order valence-electron chi connectivity index (χ1n) is 4.24. The molecule has 0 spiro atoms. The first-order chi connectivity index (χ1) is 6.07. The highest BCUT2D eigenvalue weighted by atomic mass is 32.1. The van der Waals surface area contributed by atoms with Gasteiger partial charge in [-0.25, -0.2) is 4.79 Å². The van der Waals surface area contributed by atoms with Gasteiger partial charge in [0, 0.05) is 7.05 Å². The second-order valence-corrected chi connectivity index (χ2v) is 3.31. The van der Waals surface area contributed by atoms with E-state index in [0.717, 1.165) is 12.8 Å². The molecular weight excluding hydrogens is 188 g/mol. The molecule has 4 nitrogen and oxygen atoms in total. The van der Waals surface area contributed by atoms with Gasteiger partial charge in [-0.3, -0.25) is 0 Å². The van der Waals surface area contributed by atoms with Crippen molar-refractivity contribution >= 4 is 23.3 Å². The minimum atomic E-state index is -0.374. The molecular formula is C8H16N2O2S. The number of thiocarbonyl (C=S) groups is 1. The first kappa shape index (κ1) is 12.2. The minimum Gasteiger partial charge on any atom is -0.449 e. The number of unbranched alkanes of at least 4 members (excludes halogenated alkanes) is 1. The van der Waals surface area contributed by atoms with Crippen molar-refractivity contribution in [2.45, 2.75) is 19.8 Å². The largest absolute Gasteiger partial charge is 0.449 e. The van der Waals surface area contributed by atoms with Crippen LogP contribution in [0.4, 0.5) is 4.79 Å². The Morgan fingerprint density at radius 3 is 2.69 bits per heavy atom. The lowest BCUT2D eigenvalue weighted by Crippen LogP contribution is -2.34. The molecule has 0 radical (unpaired) electrons. The Kier molecular flexibility index (Phi) is 6.22. The second kappa shape index (κ2) is 6.65. The molecule has 2 N–H and O–H groups in total. The number of likely N-dealkylation sites (N-methyl/N-ethyl adjacent to an activating group) is 1. The average Bonchev–Trinajstić information content (AvgIpc) is 2.03. The number of hydrogen-bond donors (Lipinski definition) is 1. The Balaban J connectivity index is 3.63. The topological polar surface area (TPSA) is 55.6 Å². The van der Waals surface area contributed by atoms with Crippen molar-refractivity contribution in [3.8, 4) is 0 Å². The van der Waals surface area contributed by atoms with E-state index in [-0.39, 0.29) is 17.6 Å². The molecule has 0 unspecified atom stereocenters. The summed E-state index contributed by atoms with van der Waals surface area (Å²) in [6.07, 6.45) is 1.51. The van der Waals surface area contributed by atoms with Gasteiger partial charge in [-0.15, -0.1) is 0 Å².